The maximum Gasteiger partial charge on any atom is 2.00 e. The second kappa shape index (κ2) is 29.5. The molecular formula is C124H116N4Pt. The third kappa shape index (κ3) is 14.7. The quantitative estimate of drug-likeness (QED) is 0.165. The van der Waals surface area contributed by atoms with Crippen molar-refractivity contribution in [3.8, 4) is 89.5 Å². The smallest absolute Gasteiger partial charge is 0.656 e. The summed E-state index contributed by atoms with van der Waals surface area (Å²) >= 11 is 0. The van der Waals surface area contributed by atoms with Gasteiger partial charge in [-0.1, -0.05) is 336 Å². The van der Waals surface area contributed by atoms with E-state index in [1.54, 1.807) is 0 Å². The van der Waals surface area contributed by atoms with E-state index in [4.69, 9.17) is 19.9 Å². The summed E-state index contributed by atoms with van der Waals surface area (Å²) in [4.78, 5) is 27.3. The molecule has 3 aliphatic rings. The fraction of sp³-hybridized carbons (Fsp3) is 0.258. The molecule has 129 heavy (non-hydrogen) atoms. The summed E-state index contributed by atoms with van der Waals surface area (Å²) < 4.78 is 0. The van der Waals surface area contributed by atoms with Crippen molar-refractivity contribution >= 4 is 130 Å². The van der Waals surface area contributed by atoms with Crippen LogP contribution in [0.2, 0.25) is 0 Å². The van der Waals surface area contributed by atoms with E-state index in [1.807, 2.05) is 0 Å². The summed E-state index contributed by atoms with van der Waals surface area (Å²) in [6.07, 6.45) is 0. The van der Waals surface area contributed by atoms with Gasteiger partial charge in [-0.2, -0.15) is 0 Å². The first-order chi connectivity index (χ1) is 60.4. The van der Waals surface area contributed by atoms with Gasteiger partial charge in [-0.3, -0.25) is 0 Å². The number of benzene rings is 16. The Morgan fingerprint density at radius 2 is 0.318 bits per heavy atom. The van der Waals surface area contributed by atoms with Gasteiger partial charge in [-0.05, 0) is 337 Å². The van der Waals surface area contributed by atoms with Crippen LogP contribution in [-0.2, 0) is 64.4 Å². The molecule has 0 radical (unpaired) electrons. The van der Waals surface area contributed by atoms with Crippen molar-refractivity contribution in [1.29, 1.82) is 0 Å². The van der Waals surface area contributed by atoms with Gasteiger partial charge in [-0.25, -0.2) is 9.97 Å². The van der Waals surface area contributed by atoms with Gasteiger partial charge in [0.2, 0.25) is 0 Å². The first kappa shape index (κ1) is 85.1. The van der Waals surface area contributed by atoms with Crippen LogP contribution < -0.4 is 9.97 Å². The molecule has 16 aromatic carbocycles. The summed E-state index contributed by atoms with van der Waals surface area (Å²) in [5.74, 6) is 0. The van der Waals surface area contributed by atoms with Crippen molar-refractivity contribution in [3.63, 3.8) is 0 Å². The van der Waals surface area contributed by atoms with Crippen molar-refractivity contribution in [2.45, 2.75) is 209 Å². The van der Waals surface area contributed by atoms with Crippen LogP contribution in [0, 0.1) is 0 Å². The van der Waals surface area contributed by atoms with Gasteiger partial charge in [0.1, 0.15) is 0 Å². The van der Waals surface area contributed by atoms with Gasteiger partial charge < -0.3 is 9.97 Å². The largest absolute Gasteiger partial charge is 2.00 e. The van der Waals surface area contributed by atoms with Crippen molar-refractivity contribution in [1.82, 2.24) is 19.9 Å². The SMILES string of the molecule is CC(C)(C)c1cc(-c2c3nc(c(-c4cc(C(C)(C)C)cc(C(C)(C)C)c4)c4[n-]c(c(-c5cc(C(C)(C)C)cc(C(C)(C)C)c5)c5nc(c(-c6cc(C(C)(C)C)cc(C(C)(C)C)c6)c6[n-]c2c2cc7cc8ccccc8cc7cc62)-c2cc6cc7ccccc7cc6cc2-5)c2cc5cc6ccccc6cc5cc42)-c2cc4cc5ccccc5cc4cc2-3)cc(C(C)(C)C)c1.[Pt+2]. The minimum absolute atomic E-state index is 0. The van der Waals surface area contributed by atoms with Gasteiger partial charge >= 0.3 is 21.1 Å². The zero-order valence-electron chi connectivity index (χ0n) is 79.5. The van der Waals surface area contributed by atoms with Crippen LogP contribution in [0.15, 0.2) is 267 Å². The molecule has 0 fully saturated rings. The molecule has 4 heterocycles. The molecule has 0 spiro atoms. The van der Waals surface area contributed by atoms with Gasteiger partial charge in [0.15, 0.2) is 0 Å². The van der Waals surface area contributed by atoms with Gasteiger partial charge in [-0.15, -0.1) is 22.1 Å². The van der Waals surface area contributed by atoms with Crippen molar-refractivity contribution < 1.29 is 21.1 Å². The molecule has 2 aliphatic heterocycles. The normalized spacial score (nSPS) is 13.2. The van der Waals surface area contributed by atoms with Crippen LogP contribution in [0.1, 0.15) is 211 Å². The molecule has 2 aromatic heterocycles. The fourth-order valence-corrected chi connectivity index (χ4v) is 20.1. The molecule has 1 aliphatic carbocycles. The number of rotatable bonds is 4. The zero-order chi connectivity index (χ0) is 89.7. The van der Waals surface area contributed by atoms with Gasteiger partial charge in [0.25, 0.3) is 0 Å². The molecule has 0 saturated heterocycles. The molecule has 0 amide bonds. The first-order valence-electron chi connectivity index (χ1n) is 46.3. The second-order valence-corrected chi connectivity index (χ2v) is 45.7. The van der Waals surface area contributed by atoms with E-state index < -0.39 is 0 Å². The Morgan fingerprint density at radius 3 is 0.465 bits per heavy atom. The molecule has 5 heteroatoms. The topological polar surface area (TPSA) is 54.0 Å². The van der Waals surface area contributed by atoms with E-state index in [-0.39, 0.29) is 64.4 Å². The molecule has 4 nitrogen and oxygen atoms in total. The number of fused-ring (bicyclic) bond motifs is 8. The summed E-state index contributed by atoms with van der Waals surface area (Å²) in [7, 11) is 0. The van der Waals surface area contributed by atoms with E-state index in [0.717, 1.165) is 176 Å². The number of hydrogen-bond acceptors (Lipinski definition) is 2. The molecule has 21 rings (SSSR count). The number of hydrogen-bond donors (Lipinski definition) is 0. The molecule has 18 aromatic rings. The van der Waals surface area contributed by atoms with Crippen molar-refractivity contribution in [3.05, 3.63) is 311 Å². The van der Waals surface area contributed by atoms with E-state index in [0.29, 0.717) is 0 Å². The van der Waals surface area contributed by atoms with Crippen LogP contribution in [0.3, 0.4) is 0 Å². The van der Waals surface area contributed by atoms with Crippen molar-refractivity contribution in [2.24, 2.45) is 0 Å². The van der Waals surface area contributed by atoms with E-state index in [9.17, 15) is 0 Å². The van der Waals surface area contributed by atoms with E-state index >= 15 is 0 Å². The Balaban J connectivity index is 0.0000104. The molecule has 8 bridgehead atoms. The monoisotopic (exact) mass is 1860 g/mol. The number of aromatic nitrogens is 4. The molecule has 0 N–H and O–H groups in total. The summed E-state index contributed by atoms with van der Waals surface area (Å²) in [6, 6.07) is 105. The molecule has 0 saturated carbocycles. The van der Waals surface area contributed by atoms with Crippen LogP contribution in [0.4, 0.5) is 0 Å². The van der Waals surface area contributed by atoms with Gasteiger partial charge in [0.05, 0.1) is 22.8 Å². The molecule has 642 valence electrons. The average Bonchev–Trinajstić information content (AvgIpc) is 1.54. The standard InChI is InChI=1S/C124H116N4.Pt/c1-117(2,3)89-49-85(50-90(65-89)118(4,5)6)105-109-97-57-77-41-69-33-25-27-35-71(69)43-79(77)59-99(97)111(125-109)106(86-51-91(119(7,8)9)66-92(52-86)120(10,11)12)113-101-61-81-45-73-37-29-31-39-75(73)47-83(81)63-103(101)115(127-113)108(88-55-95(123(19,20)21)68-96(56-88)124(22,23)24)116-104-64-84-48-76-40-32-30-38-74(76)46-82(84)62-102(104)114(128-116)107(87-53-93(121(13,14)15)67-94(54-87)122(16,17)18)112-100-60-80-44-72-36-28-26-34-70(72)42-78(80)58-98(100)110(105)126-112;/h25-68H,1-24H3;/q-2;+2. The summed E-state index contributed by atoms with van der Waals surface area (Å²) in [5.41, 5.74) is 26.6. The maximum absolute atomic E-state index is 6.82. The maximum atomic E-state index is 6.82. The van der Waals surface area contributed by atoms with Crippen LogP contribution in [0.25, 0.3) is 219 Å². The summed E-state index contributed by atoms with van der Waals surface area (Å²) in [5, 5.41) is 22.6. The molecule has 0 atom stereocenters. The Kier molecular flexibility index (Phi) is 19.4. The number of nitrogens with zero attached hydrogens (tertiary/aromatic N) is 4. The fourth-order valence-electron chi connectivity index (χ4n) is 20.1. The van der Waals surface area contributed by atoms with Crippen LogP contribution >= 0.6 is 0 Å². The Morgan fingerprint density at radius 1 is 0.171 bits per heavy atom. The molecular weight excluding hydrogens is 1740 g/mol. The van der Waals surface area contributed by atoms with Crippen molar-refractivity contribution in [2.75, 3.05) is 0 Å². The van der Waals surface area contributed by atoms with E-state index in [2.05, 4.69) is 433 Å². The predicted molar refractivity (Wildman–Crippen MR) is 554 cm³/mol. The predicted octanol–water partition coefficient (Wildman–Crippen LogP) is 34.8. The van der Waals surface area contributed by atoms with Crippen LogP contribution in [0.5, 0.6) is 0 Å². The zero-order valence-corrected chi connectivity index (χ0v) is 81.8. The van der Waals surface area contributed by atoms with E-state index in [1.165, 1.54) is 87.6 Å². The average molecular weight is 1860 g/mol. The Hall–Kier alpha value is -12.1. The minimum Gasteiger partial charge on any atom is -0.656 e. The van der Waals surface area contributed by atoms with Crippen LogP contribution in [-0.4, -0.2) is 9.97 Å². The second-order valence-electron chi connectivity index (χ2n) is 45.7. The Bertz CT molecular complexity index is 7160. The third-order valence-electron chi connectivity index (χ3n) is 28.0. The Labute approximate surface area is 775 Å². The molecule has 0 unspecified atom stereocenters. The minimum atomic E-state index is -0.286. The third-order valence-corrected chi connectivity index (χ3v) is 28.0. The summed E-state index contributed by atoms with van der Waals surface area (Å²) in [6.45, 7) is 56.9. The first-order valence-corrected chi connectivity index (χ1v) is 46.3. The van der Waals surface area contributed by atoms with Gasteiger partial charge in [0, 0.05) is 22.3 Å².